The van der Waals surface area contributed by atoms with Crippen molar-refractivity contribution in [3.63, 3.8) is 0 Å². The molecular weight excluding hydrogens is 386 g/mol. The van der Waals surface area contributed by atoms with Gasteiger partial charge in [0.15, 0.2) is 0 Å². The van der Waals surface area contributed by atoms with Crippen LogP contribution < -0.4 is 9.46 Å². The first-order valence-electron chi connectivity index (χ1n) is 7.97. The lowest BCUT2D eigenvalue weighted by Gasteiger charge is -2.12. The SMILES string of the molecule is Cc1cccc(C)c1S(=O)(=O)Nc1cc(-c2ccccc2)sc1OC(=O)O. The molecule has 0 aliphatic carbocycles. The number of carbonyl (C=O) groups is 1. The summed E-state index contributed by atoms with van der Waals surface area (Å²) in [4.78, 5) is 11.9. The summed E-state index contributed by atoms with van der Waals surface area (Å²) in [5.41, 5.74) is 2.11. The predicted molar refractivity (Wildman–Crippen MR) is 105 cm³/mol. The van der Waals surface area contributed by atoms with E-state index in [-0.39, 0.29) is 15.6 Å². The molecule has 0 bridgehead atoms. The van der Waals surface area contributed by atoms with Crippen LogP contribution in [0, 0.1) is 13.8 Å². The van der Waals surface area contributed by atoms with E-state index in [1.54, 1.807) is 38.1 Å². The quantitative estimate of drug-likeness (QED) is 0.592. The first kappa shape index (κ1) is 18.9. The number of aryl methyl sites for hydroxylation is 2. The maximum absolute atomic E-state index is 12.9. The second kappa shape index (κ2) is 7.42. The lowest BCUT2D eigenvalue weighted by molar-refractivity contribution is 0.146. The Morgan fingerprint density at radius 2 is 1.67 bits per heavy atom. The highest BCUT2D eigenvalue weighted by Crippen LogP contribution is 2.42. The van der Waals surface area contributed by atoms with E-state index < -0.39 is 16.2 Å². The first-order chi connectivity index (χ1) is 12.8. The highest BCUT2D eigenvalue weighted by molar-refractivity contribution is 7.92. The second-order valence-corrected chi connectivity index (χ2v) is 8.51. The Morgan fingerprint density at radius 1 is 1.04 bits per heavy atom. The molecule has 0 aliphatic rings. The summed E-state index contributed by atoms with van der Waals surface area (Å²) < 4.78 is 33.1. The molecule has 2 aromatic carbocycles. The Hall–Kier alpha value is -2.84. The van der Waals surface area contributed by atoms with Crippen LogP contribution in [0.2, 0.25) is 0 Å². The number of ether oxygens (including phenoxy) is 1. The van der Waals surface area contributed by atoms with Crippen LogP contribution in [0.3, 0.4) is 0 Å². The highest BCUT2D eigenvalue weighted by atomic mass is 32.2. The van der Waals surface area contributed by atoms with Gasteiger partial charge in [-0.3, -0.25) is 4.72 Å². The molecule has 0 atom stereocenters. The van der Waals surface area contributed by atoms with Crippen molar-refractivity contribution in [2.45, 2.75) is 18.7 Å². The second-order valence-electron chi connectivity index (χ2n) is 5.87. The summed E-state index contributed by atoms with van der Waals surface area (Å²) in [6.45, 7) is 3.42. The standard InChI is InChI=1S/C19H17NO5S2/c1-12-7-6-8-13(2)17(12)27(23,24)20-15-11-16(14-9-4-3-5-10-14)26-18(15)25-19(21)22/h3-11,20H,1-2H3,(H,21,22). The van der Waals surface area contributed by atoms with Crippen molar-refractivity contribution in [2.75, 3.05) is 4.72 Å². The molecule has 0 radical (unpaired) electrons. The summed E-state index contributed by atoms with van der Waals surface area (Å²) >= 11 is 1.06. The van der Waals surface area contributed by atoms with Crippen molar-refractivity contribution >= 4 is 33.2 Å². The van der Waals surface area contributed by atoms with Gasteiger partial charge in [0.1, 0.15) is 5.69 Å². The number of thiophene rings is 1. The van der Waals surface area contributed by atoms with Gasteiger partial charge in [0.2, 0.25) is 5.06 Å². The minimum atomic E-state index is -3.92. The number of anilines is 1. The Morgan fingerprint density at radius 3 is 2.26 bits per heavy atom. The maximum Gasteiger partial charge on any atom is 0.512 e. The molecule has 0 saturated heterocycles. The first-order valence-corrected chi connectivity index (χ1v) is 10.3. The average molecular weight is 403 g/mol. The van der Waals surface area contributed by atoms with Crippen LogP contribution in [0.15, 0.2) is 59.5 Å². The van der Waals surface area contributed by atoms with Crippen LogP contribution in [0.25, 0.3) is 10.4 Å². The molecule has 0 fully saturated rings. The van der Waals surface area contributed by atoms with Gasteiger partial charge in [-0.2, -0.15) is 0 Å². The molecule has 0 saturated carbocycles. The topological polar surface area (TPSA) is 92.7 Å². The number of rotatable bonds is 5. The smallest absolute Gasteiger partial charge is 0.449 e. The molecule has 0 amide bonds. The number of nitrogens with one attached hydrogen (secondary N) is 1. The molecule has 3 aromatic rings. The van der Waals surface area contributed by atoms with E-state index in [9.17, 15) is 13.2 Å². The van der Waals surface area contributed by atoms with E-state index in [0.717, 1.165) is 16.9 Å². The fraction of sp³-hybridized carbons (Fsp3) is 0.105. The Bertz CT molecular complexity index is 1070. The zero-order valence-electron chi connectivity index (χ0n) is 14.6. The van der Waals surface area contributed by atoms with Crippen molar-refractivity contribution in [3.05, 3.63) is 65.7 Å². The van der Waals surface area contributed by atoms with E-state index in [1.807, 2.05) is 30.3 Å². The van der Waals surface area contributed by atoms with E-state index in [4.69, 9.17) is 9.84 Å². The third-order valence-electron chi connectivity index (χ3n) is 3.86. The average Bonchev–Trinajstić information content (AvgIpc) is 2.96. The molecule has 3 rings (SSSR count). The van der Waals surface area contributed by atoms with Gasteiger partial charge >= 0.3 is 6.16 Å². The number of hydrogen-bond acceptors (Lipinski definition) is 5. The molecule has 27 heavy (non-hydrogen) atoms. The van der Waals surface area contributed by atoms with Crippen molar-refractivity contribution in [1.29, 1.82) is 0 Å². The van der Waals surface area contributed by atoms with Gasteiger partial charge in [-0.05, 0) is 36.6 Å². The number of benzene rings is 2. The molecular formula is C19H17NO5S2. The molecule has 8 heteroatoms. The molecule has 0 spiro atoms. The van der Waals surface area contributed by atoms with Crippen LogP contribution >= 0.6 is 11.3 Å². The Labute approximate surface area is 161 Å². The highest BCUT2D eigenvalue weighted by Gasteiger charge is 2.23. The van der Waals surface area contributed by atoms with Gasteiger partial charge in [-0.1, -0.05) is 59.9 Å². The lowest BCUT2D eigenvalue weighted by atomic mass is 10.2. The third-order valence-corrected chi connectivity index (χ3v) is 6.59. The van der Waals surface area contributed by atoms with Gasteiger partial charge in [0.25, 0.3) is 10.0 Å². The molecule has 140 valence electrons. The summed E-state index contributed by atoms with van der Waals surface area (Å²) in [5.74, 6) is 0. The van der Waals surface area contributed by atoms with Gasteiger partial charge in [0.05, 0.1) is 4.90 Å². The summed E-state index contributed by atoms with van der Waals surface area (Å²) in [6.07, 6.45) is -1.51. The van der Waals surface area contributed by atoms with Crippen LogP contribution in [-0.4, -0.2) is 19.7 Å². The number of sulfonamides is 1. The minimum absolute atomic E-state index is 0.0313. The van der Waals surface area contributed by atoms with E-state index in [1.165, 1.54) is 0 Å². The molecule has 0 aliphatic heterocycles. The Kier molecular flexibility index (Phi) is 5.20. The molecule has 1 heterocycles. The molecule has 1 aromatic heterocycles. The van der Waals surface area contributed by atoms with E-state index in [0.29, 0.717) is 16.0 Å². The Balaban J connectivity index is 2.05. The largest absolute Gasteiger partial charge is 0.512 e. The maximum atomic E-state index is 12.9. The zero-order valence-corrected chi connectivity index (χ0v) is 16.2. The minimum Gasteiger partial charge on any atom is -0.449 e. The van der Waals surface area contributed by atoms with Crippen molar-refractivity contribution < 1.29 is 23.1 Å². The van der Waals surface area contributed by atoms with Gasteiger partial charge < -0.3 is 9.84 Å². The van der Waals surface area contributed by atoms with Gasteiger partial charge in [-0.25, -0.2) is 13.2 Å². The van der Waals surface area contributed by atoms with Crippen molar-refractivity contribution in [3.8, 4) is 15.5 Å². The number of hydrogen-bond donors (Lipinski definition) is 2. The van der Waals surface area contributed by atoms with Crippen LogP contribution in [0.1, 0.15) is 11.1 Å². The third kappa shape index (κ3) is 4.12. The fourth-order valence-corrected chi connectivity index (χ4v) is 5.32. The lowest BCUT2D eigenvalue weighted by Crippen LogP contribution is -2.16. The molecule has 2 N–H and O–H groups in total. The van der Waals surface area contributed by atoms with Crippen LogP contribution in [0.5, 0.6) is 5.06 Å². The van der Waals surface area contributed by atoms with E-state index >= 15 is 0 Å². The molecule has 0 unspecified atom stereocenters. The van der Waals surface area contributed by atoms with E-state index in [2.05, 4.69) is 4.72 Å². The normalized spacial score (nSPS) is 11.2. The van der Waals surface area contributed by atoms with Crippen molar-refractivity contribution in [2.24, 2.45) is 0 Å². The van der Waals surface area contributed by atoms with Gasteiger partial charge in [-0.15, -0.1) is 0 Å². The van der Waals surface area contributed by atoms with Gasteiger partial charge in [0, 0.05) is 4.88 Å². The van der Waals surface area contributed by atoms with Crippen molar-refractivity contribution in [1.82, 2.24) is 0 Å². The predicted octanol–water partition coefficient (Wildman–Crippen LogP) is 4.89. The number of carboxylic acid groups (broad SMARTS) is 1. The molecule has 6 nitrogen and oxygen atoms in total. The fourth-order valence-electron chi connectivity index (χ4n) is 2.76. The van der Waals surface area contributed by atoms with Crippen LogP contribution in [0.4, 0.5) is 10.5 Å². The monoisotopic (exact) mass is 403 g/mol. The summed E-state index contributed by atoms with van der Waals surface area (Å²) in [5, 5.41) is 8.95. The zero-order chi connectivity index (χ0) is 19.6. The summed E-state index contributed by atoms with van der Waals surface area (Å²) in [7, 11) is -3.92. The van der Waals surface area contributed by atoms with Crippen LogP contribution in [-0.2, 0) is 10.0 Å². The summed E-state index contributed by atoms with van der Waals surface area (Å²) in [6, 6.07) is 16.0.